The summed E-state index contributed by atoms with van der Waals surface area (Å²) in [5.74, 6) is 2.16. The van der Waals surface area contributed by atoms with Crippen LogP contribution in [0.4, 0.5) is 11.5 Å². The minimum Gasteiger partial charge on any atom is -0.506 e. The Morgan fingerprint density at radius 1 is 1.14 bits per heavy atom. The molecule has 0 spiro atoms. The summed E-state index contributed by atoms with van der Waals surface area (Å²) in [6, 6.07) is 11.3. The van der Waals surface area contributed by atoms with Crippen molar-refractivity contribution in [2.75, 3.05) is 29.4 Å². The third-order valence-corrected chi connectivity index (χ3v) is 9.03. The first kappa shape index (κ1) is 22.9. The minimum atomic E-state index is -0.500. The molecule has 1 amide bonds. The fourth-order valence-corrected chi connectivity index (χ4v) is 7.55. The zero-order chi connectivity index (χ0) is 24.3. The van der Waals surface area contributed by atoms with E-state index in [1.807, 2.05) is 18.2 Å². The van der Waals surface area contributed by atoms with Crippen molar-refractivity contribution in [1.82, 2.24) is 10.3 Å². The molecule has 3 N–H and O–H groups in total. The molecule has 2 heterocycles. The second-order valence-electron chi connectivity index (χ2n) is 11.2. The van der Waals surface area contributed by atoms with Crippen LogP contribution in [0.2, 0.25) is 5.02 Å². The number of phenols is 1. The average Bonchev–Trinajstić information content (AvgIpc) is 2.82. The molecule has 4 bridgehead atoms. The Balaban J connectivity index is 1.13. The number of aromatic hydroxyl groups is 1. The number of hydrogen-bond acceptors (Lipinski definition) is 6. The number of piperazine rings is 1. The van der Waals surface area contributed by atoms with Crippen molar-refractivity contribution < 1.29 is 15.0 Å². The molecular weight excluding hydrogens is 464 g/mol. The molecule has 4 saturated carbocycles. The standard InChI is InChI=1S/C27H33ClN4O3/c1-16-15-31(20-5-6-23(33)21(28)11-20)7-8-32(16)24-4-2-3-22(29-24)26(34)30-25-18-9-17-10-19(25)14-27(35,12-17)13-18/h2-6,11,16-19,25,33,35H,7-10,12-15H2,1H3,(H,30,34)/t16-,17?,18?,19?,25-,27-/m1/s1. The molecule has 4 aliphatic carbocycles. The summed E-state index contributed by atoms with van der Waals surface area (Å²) >= 11 is 6.11. The molecular formula is C27H33ClN4O3. The van der Waals surface area contributed by atoms with Gasteiger partial charge in [0.05, 0.1) is 10.6 Å². The van der Waals surface area contributed by atoms with E-state index in [-0.39, 0.29) is 23.7 Å². The van der Waals surface area contributed by atoms with Crippen molar-refractivity contribution in [1.29, 1.82) is 0 Å². The second kappa shape index (κ2) is 8.56. The summed E-state index contributed by atoms with van der Waals surface area (Å²) in [7, 11) is 0. The number of rotatable bonds is 4. The Morgan fingerprint density at radius 2 is 1.91 bits per heavy atom. The monoisotopic (exact) mass is 496 g/mol. The zero-order valence-corrected chi connectivity index (χ0v) is 20.8. The highest BCUT2D eigenvalue weighted by molar-refractivity contribution is 6.32. The van der Waals surface area contributed by atoms with E-state index >= 15 is 0 Å². The molecule has 2 unspecified atom stereocenters. The predicted molar refractivity (Wildman–Crippen MR) is 136 cm³/mol. The van der Waals surface area contributed by atoms with Gasteiger partial charge >= 0.3 is 0 Å². The summed E-state index contributed by atoms with van der Waals surface area (Å²) in [6.07, 6.45) is 4.80. The third kappa shape index (κ3) is 4.23. The van der Waals surface area contributed by atoms with Gasteiger partial charge in [-0.1, -0.05) is 17.7 Å². The van der Waals surface area contributed by atoms with Crippen molar-refractivity contribution in [2.45, 2.75) is 56.7 Å². The van der Waals surface area contributed by atoms with Gasteiger partial charge in [0, 0.05) is 37.4 Å². The van der Waals surface area contributed by atoms with E-state index in [0.29, 0.717) is 28.5 Å². The molecule has 1 aliphatic heterocycles. The number of halogens is 1. The van der Waals surface area contributed by atoms with Crippen LogP contribution in [-0.4, -0.2) is 58.4 Å². The molecule has 5 fully saturated rings. The van der Waals surface area contributed by atoms with Crippen LogP contribution < -0.4 is 15.1 Å². The van der Waals surface area contributed by atoms with Gasteiger partial charge in [-0.3, -0.25) is 4.79 Å². The Labute approximate surface area is 211 Å². The van der Waals surface area contributed by atoms with Crippen molar-refractivity contribution in [3.8, 4) is 5.75 Å². The van der Waals surface area contributed by atoms with E-state index in [2.05, 4.69) is 22.0 Å². The summed E-state index contributed by atoms with van der Waals surface area (Å²) in [6.45, 7) is 4.50. The zero-order valence-electron chi connectivity index (χ0n) is 20.0. The third-order valence-electron chi connectivity index (χ3n) is 8.72. The van der Waals surface area contributed by atoms with Gasteiger partial charge in [0.2, 0.25) is 0 Å². The van der Waals surface area contributed by atoms with Crippen molar-refractivity contribution >= 4 is 29.0 Å². The lowest BCUT2D eigenvalue weighted by molar-refractivity contribution is -0.136. The number of benzene rings is 1. The molecule has 1 aromatic carbocycles. The van der Waals surface area contributed by atoms with Gasteiger partial charge in [0.25, 0.3) is 5.91 Å². The highest BCUT2D eigenvalue weighted by atomic mass is 35.5. The fourth-order valence-electron chi connectivity index (χ4n) is 7.38. The van der Waals surface area contributed by atoms with Gasteiger partial charge in [-0.05, 0) is 87.1 Å². The number of amides is 1. The van der Waals surface area contributed by atoms with E-state index in [1.54, 1.807) is 18.2 Å². The van der Waals surface area contributed by atoms with Crippen molar-refractivity contribution in [2.24, 2.45) is 17.8 Å². The van der Waals surface area contributed by atoms with Crippen LogP contribution >= 0.6 is 11.6 Å². The first-order valence-electron chi connectivity index (χ1n) is 12.8. The summed E-state index contributed by atoms with van der Waals surface area (Å²) in [5.41, 5.74) is 0.940. The van der Waals surface area contributed by atoms with Gasteiger partial charge in [0.15, 0.2) is 0 Å². The number of hydrogen-bond donors (Lipinski definition) is 3. The van der Waals surface area contributed by atoms with Gasteiger partial charge in [0.1, 0.15) is 17.3 Å². The van der Waals surface area contributed by atoms with E-state index < -0.39 is 5.60 Å². The molecule has 0 radical (unpaired) electrons. The Kier molecular flexibility index (Phi) is 5.60. The maximum atomic E-state index is 13.2. The van der Waals surface area contributed by atoms with Crippen LogP contribution in [0, 0.1) is 17.8 Å². The molecule has 7 nitrogen and oxygen atoms in total. The Morgan fingerprint density at radius 3 is 2.60 bits per heavy atom. The van der Waals surface area contributed by atoms with E-state index in [9.17, 15) is 15.0 Å². The first-order chi connectivity index (χ1) is 16.8. The van der Waals surface area contributed by atoms with E-state index in [4.69, 9.17) is 16.6 Å². The largest absolute Gasteiger partial charge is 0.506 e. The first-order valence-corrected chi connectivity index (χ1v) is 13.2. The number of carbonyl (C=O) groups is 1. The highest BCUT2D eigenvalue weighted by Gasteiger charge is 2.55. The highest BCUT2D eigenvalue weighted by Crippen LogP contribution is 2.55. The second-order valence-corrected chi connectivity index (χ2v) is 11.6. The number of nitrogens with one attached hydrogen (secondary N) is 1. The van der Waals surface area contributed by atoms with Gasteiger partial charge in [-0.2, -0.15) is 0 Å². The summed E-state index contributed by atoms with van der Waals surface area (Å²) in [5, 5.41) is 24.2. The SMILES string of the molecule is C[C@@H]1CN(c2ccc(O)c(Cl)c2)CCN1c1cccc(C(=O)N[C@H]2C3CC4CC2C[C@](O)(C4)C3)n1. The number of aromatic nitrogens is 1. The lowest BCUT2D eigenvalue weighted by Crippen LogP contribution is -2.61. The molecule has 2 aromatic rings. The molecule has 1 saturated heterocycles. The minimum absolute atomic E-state index is 0.0888. The maximum Gasteiger partial charge on any atom is 0.270 e. The average molecular weight is 497 g/mol. The maximum absolute atomic E-state index is 13.2. The number of anilines is 2. The topological polar surface area (TPSA) is 88.9 Å². The Hall–Kier alpha value is -2.51. The van der Waals surface area contributed by atoms with Crippen molar-refractivity contribution in [3.63, 3.8) is 0 Å². The number of nitrogens with zero attached hydrogens (tertiary/aromatic N) is 3. The lowest BCUT2D eigenvalue weighted by atomic mass is 9.52. The molecule has 5 aliphatic rings. The number of phenolic OH excluding ortho intramolecular Hbond substituents is 1. The molecule has 186 valence electrons. The van der Waals surface area contributed by atoms with Gasteiger partial charge < -0.3 is 25.3 Å². The predicted octanol–water partition coefficient (Wildman–Crippen LogP) is 3.83. The molecule has 3 atom stereocenters. The van der Waals surface area contributed by atoms with E-state index in [1.165, 1.54) is 0 Å². The number of pyridine rings is 1. The fraction of sp³-hybridized carbons (Fsp3) is 0.556. The summed E-state index contributed by atoms with van der Waals surface area (Å²) in [4.78, 5) is 22.5. The molecule has 7 rings (SSSR count). The van der Waals surface area contributed by atoms with Crippen LogP contribution in [0.25, 0.3) is 0 Å². The van der Waals surface area contributed by atoms with Crippen LogP contribution in [0.3, 0.4) is 0 Å². The number of aliphatic hydroxyl groups is 1. The number of carbonyl (C=O) groups excluding carboxylic acids is 1. The van der Waals surface area contributed by atoms with Crippen LogP contribution in [0.1, 0.15) is 49.5 Å². The quantitative estimate of drug-likeness (QED) is 0.596. The summed E-state index contributed by atoms with van der Waals surface area (Å²) < 4.78 is 0. The van der Waals surface area contributed by atoms with Crippen LogP contribution in [0.15, 0.2) is 36.4 Å². The molecule has 35 heavy (non-hydrogen) atoms. The smallest absolute Gasteiger partial charge is 0.270 e. The normalized spacial score (nSPS) is 33.7. The van der Waals surface area contributed by atoms with E-state index in [0.717, 1.165) is 63.2 Å². The van der Waals surface area contributed by atoms with Gasteiger partial charge in [-0.25, -0.2) is 4.98 Å². The molecule has 1 aromatic heterocycles. The lowest BCUT2D eigenvalue weighted by Gasteiger charge is -2.58. The Bertz CT molecular complexity index is 1130. The van der Waals surface area contributed by atoms with Gasteiger partial charge in [-0.15, -0.1) is 0 Å². The van der Waals surface area contributed by atoms with Crippen LogP contribution in [0.5, 0.6) is 5.75 Å². The van der Waals surface area contributed by atoms with Crippen molar-refractivity contribution in [3.05, 3.63) is 47.1 Å². The van der Waals surface area contributed by atoms with Crippen LogP contribution in [-0.2, 0) is 0 Å². The molecule has 8 heteroatoms.